The van der Waals surface area contributed by atoms with E-state index in [2.05, 4.69) is 0 Å². The standard InChI is InChI=1S/C20H44O6Si2/c1-15(2)21-27(22-16(3)4,23-17(5)6)13-14-28(24-18(7)8,25-19(9)10)26-20(11)12/h13-20H,1-12H3. The van der Waals surface area contributed by atoms with Crippen molar-refractivity contribution in [3.63, 3.8) is 0 Å². The molecule has 0 aliphatic carbocycles. The fourth-order valence-corrected chi connectivity index (χ4v) is 8.96. The van der Waals surface area contributed by atoms with Crippen LogP contribution in [0.3, 0.4) is 0 Å². The molecule has 8 heteroatoms. The lowest BCUT2D eigenvalue weighted by atomic mass is 10.5. The maximum atomic E-state index is 6.23. The van der Waals surface area contributed by atoms with Crippen molar-refractivity contribution in [2.45, 2.75) is 120 Å². The van der Waals surface area contributed by atoms with Crippen LogP contribution in [0.1, 0.15) is 83.1 Å². The van der Waals surface area contributed by atoms with Crippen LogP contribution in [0.2, 0.25) is 0 Å². The van der Waals surface area contributed by atoms with Crippen molar-refractivity contribution in [3.05, 3.63) is 11.4 Å². The molecule has 0 spiro atoms. The van der Waals surface area contributed by atoms with Crippen molar-refractivity contribution in [2.24, 2.45) is 0 Å². The average molecular weight is 437 g/mol. The van der Waals surface area contributed by atoms with Gasteiger partial charge in [0.05, 0.1) is 0 Å². The summed E-state index contributed by atoms with van der Waals surface area (Å²) in [5.41, 5.74) is 3.79. The fraction of sp³-hybridized carbons (Fsp3) is 0.900. The van der Waals surface area contributed by atoms with Gasteiger partial charge in [0.2, 0.25) is 0 Å². The molecule has 168 valence electrons. The molecular weight excluding hydrogens is 392 g/mol. The van der Waals surface area contributed by atoms with Gasteiger partial charge in [-0.2, -0.15) is 0 Å². The third kappa shape index (κ3) is 11.8. The summed E-state index contributed by atoms with van der Waals surface area (Å²) >= 11 is 0. The quantitative estimate of drug-likeness (QED) is 0.355. The minimum Gasteiger partial charge on any atom is -0.368 e. The van der Waals surface area contributed by atoms with Crippen LogP contribution in [0.25, 0.3) is 0 Å². The third-order valence-electron chi connectivity index (χ3n) is 2.89. The van der Waals surface area contributed by atoms with Gasteiger partial charge >= 0.3 is 17.6 Å². The summed E-state index contributed by atoms with van der Waals surface area (Å²) in [5, 5.41) is 0. The van der Waals surface area contributed by atoms with Crippen LogP contribution in [0.5, 0.6) is 0 Å². The van der Waals surface area contributed by atoms with E-state index in [0.717, 1.165) is 0 Å². The van der Waals surface area contributed by atoms with Gasteiger partial charge in [0.25, 0.3) is 0 Å². The number of rotatable bonds is 14. The van der Waals surface area contributed by atoms with Crippen molar-refractivity contribution >= 4 is 17.6 Å². The molecule has 0 heterocycles. The van der Waals surface area contributed by atoms with Crippen LogP contribution in [-0.2, 0) is 26.6 Å². The first-order valence-electron chi connectivity index (χ1n) is 10.5. The number of hydrogen-bond donors (Lipinski definition) is 0. The molecule has 0 aromatic rings. The molecule has 0 aromatic carbocycles. The summed E-state index contributed by atoms with van der Waals surface area (Å²) in [7, 11) is -6.27. The van der Waals surface area contributed by atoms with Crippen LogP contribution in [0.15, 0.2) is 11.4 Å². The van der Waals surface area contributed by atoms with Gasteiger partial charge in [-0.1, -0.05) is 0 Å². The fourth-order valence-electron chi connectivity index (χ4n) is 2.58. The largest absolute Gasteiger partial charge is 0.529 e. The monoisotopic (exact) mass is 436 g/mol. The molecule has 28 heavy (non-hydrogen) atoms. The molecular formula is C20H44O6Si2. The summed E-state index contributed by atoms with van der Waals surface area (Å²) in [4.78, 5) is 0. The molecule has 0 aromatic heterocycles. The van der Waals surface area contributed by atoms with Gasteiger partial charge in [-0.15, -0.1) is 0 Å². The van der Waals surface area contributed by atoms with Crippen molar-refractivity contribution < 1.29 is 26.6 Å². The molecule has 6 nitrogen and oxygen atoms in total. The van der Waals surface area contributed by atoms with Crippen LogP contribution >= 0.6 is 0 Å². The maximum Gasteiger partial charge on any atom is 0.529 e. The summed E-state index contributed by atoms with van der Waals surface area (Å²) < 4.78 is 37.4. The highest BCUT2D eigenvalue weighted by molar-refractivity contribution is 6.72. The summed E-state index contributed by atoms with van der Waals surface area (Å²) in [5.74, 6) is 0. The first kappa shape index (κ1) is 27.9. The molecule has 0 atom stereocenters. The molecule has 0 aliphatic heterocycles. The predicted molar refractivity (Wildman–Crippen MR) is 118 cm³/mol. The van der Waals surface area contributed by atoms with Crippen LogP contribution in [0.4, 0.5) is 0 Å². The Morgan fingerprint density at radius 3 is 0.607 bits per heavy atom. The highest BCUT2D eigenvalue weighted by Gasteiger charge is 2.47. The van der Waals surface area contributed by atoms with E-state index in [1.165, 1.54) is 0 Å². The Labute approximate surface area is 175 Å². The molecule has 0 unspecified atom stereocenters. The van der Waals surface area contributed by atoms with Gasteiger partial charge in [-0.05, 0) is 94.5 Å². The van der Waals surface area contributed by atoms with Crippen molar-refractivity contribution in [3.8, 4) is 0 Å². The van der Waals surface area contributed by atoms with E-state index in [0.29, 0.717) is 0 Å². The Morgan fingerprint density at radius 1 is 0.357 bits per heavy atom. The second-order valence-corrected chi connectivity index (χ2v) is 13.0. The van der Waals surface area contributed by atoms with E-state index in [1.54, 1.807) is 0 Å². The van der Waals surface area contributed by atoms with Crippen LogP contribution in [-0.4, -0.2) is 54.2 Å². The second kappa shape index (κ2) is 12.6. The zero-order valence-corrected chi connectivity index (χ0v) is 22.1. The SMILES string of the molecule is CC(C)O[Si](C=C[Si](OC(C)C)(OC(C)C)OC(C)C)(OC(C)C)OC(C)C. The van der Waals surface area contributed by atoms with E-state index >= 15 is 0 Å². The normalized spacial score (nSPS) is 14.2. The van der Waals surface area contributed by atoms with Gasteiger partial charge in [0, 0.05) is 36.6 Å². The Kier molecular flexibility index (Phi) is 12.6. The Bertz CT molecular complexity index is 357. The van der Waals surface area contributed by atoms with Gasteiger partial charge in [-0.25, -0.2) is 0 Å². The smallest absolute Gasteiger partial charge is 0.368 e. The van der Waals surface area contributed by atoms with Crippen molar-refractivity contribution in [2.75, 3.05) is 0 Å². The molecule has 0 saturated carbocycles. The van der Waals surface area contributed by atoms with Gasteiger partial charge in [0.15, 0.2) is 0 Å². The minimum absolute atomic E-state index is 0.0482. The van der Waals surface area contributed by atoms with Crippen LogP contribution in [0, 0.1) is 0 Å². The van der Waals surface area contributed by atoms with E-state index in [-0.39, 0.29) is 36.6 Å². The van der Waals surface area contributed by atoms with Gasteiger partial charge < -0.3 is 26.6 Å². The molecule has 0 N–H and O–H groups in total. The second-order valence-electron chi connectivity index (χ2n) is 8.54. The number of hydrogen-bond acceptors (Lipinski definition) is 6. The summed E-state index contributed by atoms with van der Waals surface area (Å²) in [6.07, 6.45) is -0.289. The highest BCUT2D eigenvalue weighted by Crippen LogP contribution is 2.24. The van der Waals surface area contributed by atoms with E-state index < -0.39 is 17.6 Å². The van der Waals surface area contributed by atoms with Crippen molar-refractivity contribution in [1.82, 2.24) is 0 Å². The highest BCUT2D eigenvalue weighted by atomic mass is 28.4. The van der Waals surface area contributed by atoms with Gasteiger partial charge in [-0.3, -0.25) is 0 Å². The van der Waals surface area contributed by atoms with E-state index in [4.69, 9.17) is 26.6 Å². The molecule has 0 bridgehead atoms. The van der Waals surface area contributed by atoms with E-state index in [1.807, 2.05) is 94.5 Å². The Morgan fingerprint density at radius 2 is 0.500 bits per heavy atom. The van der Waals surface area contributed by atoms with Gasteiger partial charge in [0.1, 0.15) is 0 Å². The molecule has 0 amide bonds. The summed E-state index contributed by atoms with van der Waals surface area (Å²) in [6, 6.07) is 0. The lowest BCUT2D eigenvalue weighted by Crippen LogP contribution is -2.53. The lowest BCUT2D eigenvalue weighted by molar-refractivity contribution is 0.00869. The lowest BCUT2D eigenvalue weighted by Gasteiger charge is -2.35. The Hall–Kier alpha value is -0.0662. The molecule has 0 fully saturated rings. The average Bonchev–Trinajstić information content (AvgIpc) is 2.40. The predicted octanol–water partition coefficient (Wildman–Crippen LogP) is 5.05. The molecule has 0 saturated heterocycles. The minimum atomic E-state index is -3.13. The third-order valence-corrected chi connectivity index (χ3v) is 9.17. The first-order valence-corrected chi connectivity index (χ1v) is 14.1. The summed E-state index contributed by atoms with van der Waals surface area (Å²) in [6.45, 7) is 23.8. The van der Waals surface area contributed by atoms with E-state index in [9.17, 15) is 0 Å². The molecule has 0 aliphatic rings. The zero-order valence-electron chi connectivity index (χ0n) is 20.1. The topological polar surface area (TPSA) is 55.4 Å². The molecule has 0 radical (unpaired) electrons. The van der Waals surface area contributed by atoms with Crippen molar-refractivity contribution in [1.29, 1.82) is 0 Å². The molecule has 0 rings (SSSR count). The Balaban J connectivity index is 6.18. The zero-order chi connectivity index (χ0) is 22.1. The maximum absolute atomic E-state index is 6.23. The first-order chi connectivity index (χ1) is 12.7. The van der Waals surface area contributed by atoms with Crippen LogP contribution < -0.4 is 0 Å².